The number of benzene rings is 2. The number of rotatable bonds is 2. The molecule has 5 heteroatoms. The minimum atomic E-state index is -4.24. The van der Waals surface area contributed by atoms with Crippen molar-refractivity contribution in [2.45, 2.75) is 39.8 Å². The fourth-order valence-corrected chi connectivity index (χ4v) is 24.7. The summed E-state index contributed by atoms with van der Waals surface area (Å²) in [5, 5.41) is 0. The van der Waals surface area contributed by atoms with E-state index in [9.17, 15) is 0 Å². The number of likely N-dealkylation sites (N-methyl/N-ethyl adjacent to an activating group) is 2. The van der Waals surface area contributed by atoms with Crippen LogP contribution in [0.2, 0.25) is 0 Å². The van der Waals surface area contributed by atoms with Crippen LogP contribution in [0.4, 0.5) is 11.4 Å². The first-order valence-corrected chi connectivity index (χ1v) is 24.0. The molecule has 0 N–H and O–H groups in total. The Bertz CT molecular complexity index is 1270. The summed E-state index contributed by atoms with van der Waals surface area (Å²) >= 11 is -4.24. The molecule has 0 spiro atoms. The van der Waals surface area contributed by atoms with Crippen molar-refractivity contribution < 1.29 is 17.6 Å². The van der Waals surface area contributed by atoms with Gasteiger partial charge in [0.2, 0.25) is 0 Å². The molecule has 0 aromatic heterocycles. The first-order chi connectivity index (χ1) is 15.7. The third-order valence-electron chi connectivity index (χ3n) is 8.39. The molecule has 0 bridgehead atoms. The molecule has 6 rings (SSSR count). The van der Waals surface area contributed by atoms with Gasteiger partial charge in [-0.25, -0.2) is 0 Å². The molecule has 4 aliphatic rings. The molecule has 0 radical (unpaired) electrons. The molecule has 0 amide bonds. The van der Waals surface area contributed by atoms with E-state index in [4.69, 9.17) is 17.2 Å². The number of hydrogen-bond donors (Lipinski definition) is 0. The molecule has 2 unspecified atom stereocenters. The second-order valence-electron chi connectivity index (χ2n) is 9.83. The Labute approximate surface area is 208 Å². The molecule has 33 heavy (non-hydrogen) atoms. The van der Waals surface area contributed by atoms with Gasteiger partial charge in [0.1, 0.15) is 0 Å². The van der Waals surface area contributed by atoms with Gasteiger partial charge >= 0.3 is 210 Å². The molecule has 2 aliphatic carbocycles. The molecular formula is C28H28Cl2HfN2. The monoisotopic (exact) mass is 642 g/mol. The summed E-state index contributed by atoms with van der Waals surface area (Å²) in [5.74, 6) is 0. The van der Waals surface area contributed by atoms with Gasteiger partial charge in [0.15, 0.2) is 0 Å². The quantitative estimate of drug-likeness (QED) is 0.312. The van der Waals surface area contributed by atoms with E-state index in [1.165, 1.54) is 62.6 Å². The van der Waals surface area contributed by atoms with E-state index in [-0.39, 0.29) is 12.1 Å². The second-order valence-corrected chi connectivity index (χ2v) is 28.4. The van der Waals surface area contributed by atoms with Crippen LogP contribution in [0.15, 0.2) is 77.5 Å². The zero-order valence-electron chi connectivity index (χ0n) is 19.9. The van der Waals surface area contributed by atoms with Gasteiger partial charge in [0.05, 0.1) is 0 Å². The van der Waals surface area contributed by atoms with E-state index < -0.39 is 17.6 Å². The second kappa shape index (κ2) is 7.23. The Morgan fingerprint density at radius 1 is 0.636 bits per heavy atom. The summed E-state index contributed by atoms with van der Waals surface area (Å²) in [6.07, 6.45) is 0. The molecule has 2 atom stereocenters. The molecule has 2 nitrogen and oxygen atoms in total. The minimum absolute atomic E-state index is 0.237. The van der Waals surface area contributed by atoms with Crippen molar-refractivity contribution in [3.8, 4) is 0 Å². The summed E-state index contributed by atoms with van der Waals surface area (Å²) < 4.78 is 2.57. The van der Waals surface area contributed by atoms with Crippen molar-refractivity contribution >= 4 is 39.7 Å². The van der Waals surface area contributed by atoms with Gasteiger partial charge in [-0.15, -0.1) is 0 Å². The molecule has 0 saturated carbocycles. The van der Waals surface area contributed by atoms with Crippen LogP contribution in [0.5, 0.6) is 0 Å². The van der Waals surface area contributed by atoms with Crippen molar-refractivity contribution in [2.24, 2.45) is 0 Å². The number of nitrogens with zero attached hydrogens (tertiary/aromatic N) is 2. The predicted octanol–water partition coefficient (Wildman–Crippen LogP) is 7.61. The Hall–Kier alpha value is -1.55. The van der Waals surface area contributed by atoms with Crippen molar-refractivity contribution in [1.82, 2.24) is 0 Å². The van der Waals surface area contributed by atoms with E-state index >= 15 is 0 Å². The molecular weight excluding hydrogens is 614 g/mol. The third-order valence-corrected chi connectivity index (χ3v) is 23.7. The number of para-hydroxylation sites is 2. The Kier molecular flexibility index (Phi) is 4.81. The fraction of sp³-hybridized carbons (Fsp3) is 0.286. The Balaban J connectivity index is 1.65. The first-order valence-electron chi connectivity index (χ1n) is 11.5. The van der Waals surface area contributed by atoms with Crippen LogP contribution in [0.25, 0.3) is 11.1 Å². The molecule has 0 saturated heterocycles. The molecule has 168 valence electrons. The summed E-state index contributed by atoms with van der Waals surface area (Å²) in [5.41, 5.74) is 13.2. The van der Waals surface area contributed by atoms with Crippen LogP contribution in [0.3, 0.4) is 0 Å². The van der Waals surface area contributed by atoms with E-state index in [1.54, 1.807) is 0 Å². The van der Waals surface area contributed by atoms with Crippen molar-refractivity contribution in [1.29, 1.82) is 0 Å². The van der Waals surface area contributed by atoms with Crippen LogP contribution in [0.1, 0.15) is 38.8 Å². The summed E-state index contributed by atoms with van der Waals surface area (Å²) in [6, 6.07) is 17.9. The van der Waals surface area contributed by atoms with Gasteiger partial charge in [0.25, 0.3) is 0 Å². The SMILES string of the molecule is CC1=C(C)C2C(=[C]1[Hf]([Cl])([Cl])[C]1=C3c4ccccc4N(C)C3C(C)=C1C)c1ccccc1N2C. The van der Waals surface area contributed by atoms with Crippen LogP contribution in [0, 0.1) is 0 Å². The molecule has 2 aromatic rings. The molecule has 2 aliphatic heterocycles. The number of fused-ring (bicyclic) bond motifs is 6. The Morgan fingerprint density at radius 3 is 1.39 bits per heavy atom. The van der Waals surface area contributed by atoms with Gasteiger partial charge in [-0.3, -0.25) is 0 Å². The van der Waals surface area contributed by atoms with Gasteiger partial charge < -0.3 is 0 Å². The maximum absolute atomic E-state index is 7.80. The van der Waals surface area contributed by atoms with Crippen LogP contribution in [-0.4, -0.2) is 26.2 Å². The zero-order valence-corrected chi connectivity index (χ0v) is 25.0. The number of anilines is 2. The number of hydrogen-bond acceptors (Lipinski definition) is 2. The topological polar surface area (TPSA) is 6.48 Å². The number of allylic oxidation sites excluding steroid dienone is 4. The first kappa shape index (κ1) is 21.9. The fourth-order valence-electron chi connectivity index (χ4n) is 6.68. The number of halogens is 2. The molecule has 2 heterocycles. The Morgan fingerprint density at radius 2 is 1.00 bits per heavy atom. The summed E-state index contributed by atoms with van der Waals surface area (Å²) in [6.45, 7) is 9.00. The van der Waals surface area contributed by atoms with Gasteiger partial charge in [-0.05, 0) is 0 Å². The van der Waals surface area contributed by atoms with E-state index in [2.05, 4.69) is 100 Å². The summed E-state index contributed by atoms with van der Waals surface area (Å²) in [4.78, 5) is 4.80. The van der Waals surface area contributed by atoms with Crippen LogP contribution >= 0.6 is 17.2 Å². The maximum atomic E-state index is 7.80. The van der Waals surface area contributed by atoms with Crippen molar-refractivity contribution in [2.75, 3.05) is 23.9 Å². The van der Waals surface area contributed by atoms with E-state index in [0.717, 1.165) is 0 Å². The zero-order chi connectivity index (χ0) is 23.4. The van der Waals surface area contributed by atoms with E-state index in [0.29, 0.717) is 0 Å². The molecule has 0 fully saturated rings. The average molecular weight is 642 g/mol. The third kappa shape index (κ3) is 2.65. The average Bonchev–Trinajstić information content (AvgIpc) is 3.43. The van der Waals surface area contributed by atoms with Crippen LogP contribution in [-0.2, 0) is 17.6 Å². The van der Waals surface area contributed by atoms with Gasteiger partial charge in [0, 0.05) is 0 Å². The van der Waals surface area contributed by atoms with Crippen LogP contribution < -0.4 is 9.80 Å². The van der Waals surface area contributed by atoms with Crippen molar-refractivity contribution in [3.05, 3.63) is 88.6 Å². The van der Waals surface area contributed by atoms with Crippen molar-refractivity contribution in [3.63, 3.8) is 0 Å². The molecule has 2 aromatic carbocycles. The standard InChI is InChI=1S/2C14H14N.2ClH.Hf/c2*1-9-8-12-11-6-4-5-7-13(11)15(3)14(12)10(9)2;;;/h2*4-7,14H,1-3H3;2*1H;/q;;;;+2/p-2. The predicted molar refractivity (Wildman–Crippen MR) is 140 cm³/mol. The van der Waals surface area contributed by atoms with Gasteiger partial charge in [-0.2, -0.15) is 0 Å². The summed E-state index contributed by atoms with van der Waals surface area (Å²) in [7, 11) is 20.0. The van der Waals surface area contributed by atoms with Gasteiger partial charge in [-0.1, -0.05) is 0 Å². The normalized spacial score (nSPS) is 23.8. The van der Waals surface area contributed by atoms with E-state index in [1.807, 2.05) is 0 Å².